The normalized spacial score (nSPS) is 5.50. The van der Waals surface area contributed by atoms with Crippen LogP contribution in [0.15, 0.2) is 0 Å². The predicted octanol–water partition coefficient (Wildman–Crippen LogP) is -0.849. The molecule has 0 aliphatic rings. The fraction of sp³-hybridized carbons (Fsp3) is 0. The zero-order valence-corrected chi connectivity index (χ0v) is 5.83. The van der Waals surface area contributed by atoms with Crippen molar-refractivity contribution in [2.45, 2.75) is 0 Å². The predicted molar refractivity (Wildman–Crippen MR) is 15.3 cm³/mol. The SMILES string of the molecule is O=C(O)C(=O)O.[Mn].[Mn]. The van der Waals surface area contributed by atoms with Crippen molar-refractivity contribution in [3.8, 4) is 0 Å². The summed E-state index contributed by atoms with van der Waals surface area (Å²) in [5.74, 6) is -3.65. The largest absolute Gasteiger partial charge is 0.473 e. The molecule has 0 bridgehead atoms. The number of carboxylic acid groups (broad SMARTS) is 2. The van der Waals surface area contributed by atoms with Gasteiger partial charge in [0.25, 0.3) is 0 Å². The summed E-state index contributed by atoms with van der Waals surface area (Å²) in [5.41, 5.74) is 0. The maximum atomic E-state index is 9.10. The Morgan fingerprint density at radius 3 is 1.00 bits per heavy atom. The quantitative estimate of drug-likeness (QED) is 0.394. The maximum Gasteiger partial charge on any atom is 0.414 e. The Bertz CT molecular complexity index is 78.0. The number of hydrogen-bond donors (Lipinski definition) is 2. The minimum atomic E-state index is -1.82. The number of hydrogen-bond acceptors (Lipinski definition) is 2. The summed E-state index contributed by atoms with van der Waals surface area (Å²) >= 11 is 0. The zero-order valence-electron chi connectivity index (χ0n) is 3.47. The Hall–Kier alpha value is -0.0210. The van der Waals surface area contributed by atoms with Gasteiger partial charge in [0.1, 0.15) is 0 Å². The first kappa shape index (κ1) is 15.7. The second kappa shape index (κ2) is 6.98. The molecule has 0 fully saturated rings. The van der Waals surface area contributed by atoms with Crippen molar-refractivity contribution in [3.05, 3.63) is 0 Å². The van der Waals surface area contributed by atoms with Crippen LogP contribution in [0.2, 0.25) is 0 Å². The van der Waals surface area contributed by atoms with Crippen LogP contribution < -0.4 is 0 Å². The van der Waals surface area contributed by atoms with Gasteiger partial charge in [0, 0.05) is 34.1 Å². The van der Waals surface area contributed by atoms with Crippen LogP contribution in [0.1, 0.15) is 0 Å². The molecule has 0 amide bonds. The molecule has 0 atom stereocenters. The van der Waals surface area contributed by atoms with Gasteiger partial charge < -0.3 is 10.2 Å². The molecule has 2 radical (unpaired) electrons. The van der Waals surface area contributed by atoms with Gasteiger partial charge in [0.05, 0.1) is 0 Å². The second-order valence-electron chi connectivity index (χ2n) is 0.610. The summed E-state index contributed by atoms with van der Waals surface area (Å²) < 4.78 is 0. The number of rotatable bonds is 0. The minimum absolute atomic E-state index is 0. The summed E-state index contributed by atoms with van der Waals surface area (Å²) in [6.07, 6.45) is 0. The first-order valence-corrected chi connectivity index (χ1v) is 1.11. The van der Waals surface area contributed by atoms with Crippen molar-refractivity contribution >= 4 is 11.9 Å². The van der Waals surface area contributed by atoms with Crippen LogP contribution in [0.3, 0.4) is 0 Å². The monoisotopic (exact) mass is 200 g/mol. The standard InChI is InChI=1S/C2H2O4.2Mn/c3-1(4)2(5)6;;/h(H,3,4)(H,5,6);;. The van der Waals surface area contributed by atoms with E-state index in [2.05, 4.69) is 0 Å². The van der Waals surface area contributed by atoms with Gasteiger partial charge in [0.15, 0.2) is 0 Å². The Labute approximate surface area is 66.2 Å². The molecule has 0 spiro atoms. The van der Waals surface area contributed by atoms with E-state index in [0.717, 1.165) is 0 Å². The number of carbonyl (C=O) groups is 2. The molecular weight excluding hydrogens is 198 g/mol. The average molecular weight is 200 g/mol. The summed E-state index contributed by atoms with van der Waals surface area (Å²) in [6.45, 7) is 0. The molecular formula is C2H2Mn2O4. The summed E-state index contributed by atoms with van der Waals surface area (Å²) in [5, 5.41) is 14.8. The van der Waals surface area contributed by atoms with E-state index in [4.69, 9.17) is 19.8 Å². The molecule has 0 saturated heterocycles. The third kappa shape index (κ3) is 9.36. The van der Waals surface area contributed by atoms with E-state index in [-0.39, 0.29) is 34.1 Å². The van der Waals surface area contributed by atoms with Crippen LogP contribution in [-0.2, 0) is 43.7 Å². The molecule has 0 aromatic heterocycles. The van der Waals surface area contributed by atoms with E-state index in [1.165, 1.54) is 0 Å². The molecule has 48 valence electrons. The van der Waals surface area contributed by atoms with Gasteiger partial charge in [-0.25, -0.2) is 9.59 Å². The summed E-state index contributed by atoms with van der Waals surface area (Å²) in [6, 6.07) is 0. The first-order chi connectivity index (χ1) is 2.64. The molecule has 6 heteroatoms. The maximum absolute atomic E-state index is 9.10. The van der Waals surface area contributed by atoms with Crippen LogP contribution in [0.5, 0.6) is 0 Å². The van der Waals surface area contributed by atoms with Gasteiger partial charge in [-0.05, 0) is 0 Å². The molecule has 0 rings (SSSR count). The Balaban J connectivity index is -0.000000125. The van der Waals surface area contributed by atoms with Crippen molar-refractivity contribution < 1.29 is 53.9 Å². The molecule has 0 heterocycles. The third-order valence-electron chi connectivity index (χ3n) is 0.183. The second-order valence-corrected chi connectivity index (χ2v) is 0.610. The average Bonchev–Trinajstić information content (AvgIpc) is 1.36. The van der Waals surface area contributed by atoms with Gasteiger partial charge in [0.2, 0.25) is 0 Å². The van der Waals surface area contributed by atoms with Crippen LogP contribution in [0.25, 0.3) is 0 Å². The van der Waals surface area contributed by atoms with Gasteiger partial charge in [-0.2, -0.15) is 0 Å². The van der Waals surface area contributed by atoms with E-state index >= 15 is 0 Å². The Morgan fingerprint density at radius 2 is 1.00 bits per heavy atom. The van der Waals surface area contributed by atoms with E-state index < -0.39 is 11.9 Å². The molecule has 0 aromatic carbocycles. The zero-order chi connectivity index (χ0) is 5.15. The van der Waals surface area contributed by atoms with Gasteiger partial charge in [-0.15, -0.1) is 0 Å². The summed E-state index contributed by atoms with van der Waals surface area (Å²) in [7, 11) is 0. The van der Waals surface area contributed by atoms with Gasteiger partial charge >= 0.3 is 11.9 Å². The Morgan fingerprint density at radius 1 is 0.875 bits per heavy atom. The molecule has 0 saturated carbocycles. The Kier molecular flexibility index (Phi) is 13.7. The smallest absolute Gasteiger partial charge is 0.414 e. The van der Waals surface area contributed by atoms with E-state index in [1.54, 1.807) is 0 Å². The molecule has 0 aromatic rings. The van der Waals surface area contributed by atoms with Crippen molar-refractivity contribution in [1.29, 1.82) is 0 Å². The topological polar surface area (TPSA) is 74.6 Å². The van der Waals surface area contributed by atoms with Crippen molar-refractivity contribution in [3.63, 3.8) is 0 Å². The molecule has 0 aliphatic heterocycles. The molecule has 0 aliphatic carbocycles. The van der Waals surface area contributed by atoms with Gasteiger partial charge in [-0.3, -0.25) is 0 Å². The van der Waals surface area contributed by atoms with Crippen LogP contribution in [0, 0.1) is 0 Å². The molecule has 4 nitrogen and oxygen atoms in total. The van der Waals surface area contributed by atoms with Crippen molar-refractivity contribution in [2.75, 3.05) is 0 Å². The molecule has 0 unspecified atom stereocenters. The van der Waals surface area contributed by atoms with Crippen molar-refractivity contribution in [2.24, 2.45) is 0 Å². The van der Waals surface area contributed by atoms with E-state index in [9.17, 15) is 0 Å². The molecule has 8 heavy (non-hydrogen) atoms. The number of carboxylic acids is 2. The van der Waals surface area contributed by atoms with Crippen LogP contribution in [0.4, 0.5) is 0 Å². The van der Waals surface area contributed by atoms with Gasteiger partial charge in [-0.1, -0.05) is 0 Å². The summed E-state index contributed by atoms with van der Waals surface area (Å²) in [4.78, 5) is 18.2. The number of aliphatic carboxylic acids is 2. The first-order valence-electron chi connectivity index (χ1n) is 1.11. The minimum Gasteiger partial charge on any atom is -0.473 e. The fourth-order valence-electron chi connectivity index (χ4n) is 0. The van der Waals surface area contributed by atoms with Crippen LogP contribution in [-0.4, -0.2) is 22.2 Å². The van der Waals surface area contributed by atoms with E-state index in [1.807, 2.05) is 0 Å². The van der Waals surface area contributed by atoms with Crippen molar-refractivity contribution in [1.82, 2.24) is 0 Å². The molecule has 2 N–H and O–H groups in total. The third-order valence-corrected chi connectivity index (χ3v) is 0.183. The van der Waals surface area contributed by atoms with E-state index in [0.29, 0.717) is 0 Å². The van der Waals surface area contributed by atoms with Crippen LogP contribution >= 0.6 is 0 Å². The fourth-order valence-corrected chi connectivity index (χ4v) is 0.